The molecule has 0 bridgehead atoms. The standard InChI is InChI=1S/C5H8NO/c1-7-5-2-3-6-4-5/h2-3,6H,4H2,1H3. The topological polar surface area (TPSA) is 21.3 Å². The fraction of sp³-hybridized carbons (Fsp3) is 0.400. The van der Waals surface area contributed by atoms with E-state index < -0.39 is 0 Å². The van der Waals surface area contributed by atoms with Gasteiger partial charge in [-0.25, -0.2) is 0 Å². The average molecular weight is 98.1 g/mol. The van der Waals surface area contributed by atoms with Crippen LogP contribution >= 0.6 is 0 Å². The number of rotatable bonds is 1. The fourth-order valence-corrected chi connectivity index (χ4v) is 0.511. The van der Waals surface area contributed by atoms with Crippen LogP contribution in [0.4, 0.5) is 0 Å². The molecule has 0 aromatic heterocycles. The second kappa shape index (κ2) is 1.98. The van der Waals surface area contributed by atoms with Crippen molar-refractivity contribution in [2.24, 2.45) is 0 Å². The van der Waals surface area contributed by atoms with Crippen LogP contribution in [0.5, 0.6) is 0 Å². The van der Waals surface area contributed by atoms with Gasteiger partial charge in [0.05, 0.1) is 13.7 Å². The zero-order valence-electron chi connectivity index (χ0n) is 4.27. The van der Waals surface area contributed by atoms with Gasteiger partial charge in [-0.05, 0) is 6.08 Å². The van der Waals surface area contributed by atoms with Gasteiger partial charge in [0.1, 0.15) is 5.76 Å². The Morgan fingerprint density at radius 1 is 1.86 bits per heavy atom. The predicted octanol–water partition coefficient (Wildman–Crippen LogP) is 0.282. The molecular weight excluding hydrogens is 90.1 g/mol. The summed E-state index contributed by atoms with van der Waals surface area (Å²) in [5.74, 6) is 1.00. The summed E-state index contributed by atoms with van der Waals surface area (Å²) >= 11 is 0. The first-order valence-corrected chi connectivity index (χ1v) is 2.23. The minimum absolute atomic E-state index is 0.844. The smallest absolute Gasteiger partial charge is 0.107 e. The van der Waals surface area contributed by atoms with Gasteiger partial charge < -0.3 is 10.1 Å². The number of nitrogens with one attached hydrogen (secondary N) is 1. The number of hydrogen-bond donors (Lipinski definition) is 1. The largest absolute Gasteiger partial charge is 0.500 e. The lowest BCUT2D eigenvalue weighted by Gasteiger charge is -1.94. The molecule has 0 aliphatic carbocycles. The van der Waals surface area contributed by atoms with E-state index in [0.717, 1.165) is 12.3 Å². The Balaban J connectivity index is 2.36. The highest BCUT2D eigenvalue weighted by Gasteiger charge is 1.99. The highest BCUT2D eigenvalue weighted by atomic mass is 16.5. The van der Waals surface area contributed by atoms with Gasteiger partial charge in [0.15, 0.2) is 0 Å². The highest BCUT2D eigenvalue weighted by molar-refractivity contribution is 5.09. The maximum absolute atomic E-state index is 4.88. The van der Waals surface area contributed by atoms with E-state index in [-0.39, 0.29) is 0 Å². The SMILES string of the molecule is COC1=C[CH]NC1. The maximum Gasteiger partial charge on any atom is 0.107 e. The van der Waals surface area contributed by atoms with Crippen LogP contribution in [0.15, 0.2) is 11.8 Å². The molecule has 0 saturated heterocycles. The molecule has 0 fully saturated rings. The Hall–Kier alpha value is -0.500. The summed E-state index contributed by atoms with van der Waals surface area (Å²) in [6, 6.07) is 0. The monoisotopic (exact) mass is 98.1 g/mol. The quantitative estimate of drug-likeness (QED) is 0.508. The Morgan fingerprint density at radius 3 is 3.00 bits per heavy atom. The summed E-state index contributed by atoms with van der Waals surface area (Å²) in [5, 5.41) is 2.98. The Kier molecular flexibility index (Phi) is 1.32. The van der Waals surface area contributed by atoms with Crippen LogP contribution in [0.25, 0.3) is 0 Å². The molecule has 1 aliphatic heterocycles. The first kappa shape index (κ1) is 4.65. The molecule has 0 aromatic rings. The summed E-state index contributed by atoms with van der Waals surface area (Å²) in [7, 11) is 1.67. The molecule has 1 radical (unpaired) electrons. The number of methoxy groups -OCH3 is 1. The Labute approximate surface area is 43.2 Å². The molecule has 0 aromatic carbocycles. The molecule has 1 aliphatic rings. The van der Waals surface area contributed by atoms with Gasteiger partial charge >= 0.3 is 0 Å². The van der Waals surface area contributed by atoms with Crippen LogP contribution in [-0.4, -0.2) is 13.7 Å². The van der Waals surface area contributed by atoms with Crippen molar-refractivity contribution in [2.75, 3.05) is 13.7 Å². The van der Waals surface area contributed by atoms with E-state index in [1.807, 2.05) is 12.6 Å². The third-order valence-corrected chi connectivity index (χ3v) is 0.926. The molecule has 0 amide bonds. The second-order valence-electron chi connectivity index (χ2n) is 1.38. The highest BCUT2D eigenvalue weighted by Crippen LogP contribution is 1.99. The molecule has 2 nitrogen and oxygen atoms in total. The maximum atomic E-state index is 4.88. The summed E-state index contributed by atoms with van der Waals surface area (Å²) in [6.07, 6.45) is 1.92. The van der Waals surface area contributed by atoms with Gasteiger partial charge in [-0.2, -0.15) is 0 Å². The molecule has 7 heavy (non-hydrogen) atoms. The zero-order chi connectivity index (χ0) is 5.11. The van der Waals surface area contributed by atoms with E-state index in [4.69, 9.17) is 4.74 Å². The molecule has 1 rings (SSSR count). The van der Waals surface area contributed by atoms with Gasteiger partial charge in [0.2, 0.25) is 0 Å². The molecule has 1 heterocycles. The van der Waals surface area contributed by atoms with E-state index in [0.29, 0.717) is 0 Å². The third-order valence-electron chi connectivity index (χ3n) is 0.926. The minimum Gasteiger partial charge on any atom is -0.500 e. The molecule has 39 valence electrons. The van der Waals surface area contributed by atoms with Crippen molar-refractivity contribution in [3.63, 3.8) is 0 Å². The first-order valence-electron chi connectivity index (χ1n) is 2.23. The van der Waals surface area contributed by atoms with Crippen molar-refractivity contribution in [1.29, 1.82) is 0 Å². The first-order chi connectivity index (χ1) is 3.43. The molecule has 0 unspecified atom stereocenters. The normalized spacial score (nSPS) is 19.3. The van der Waals surface area contributed by atoms with Gasteiger partial charge in [-0.1, -0.05) is 0 Å². The molecule has 0 atom stereocenters. The lowest BCUT2D eigenvalue weighted by Crippen LogP contribution is -2.04. The van der Waals surface area contributed by atoms with Crippen molar-refractivity contribution in [3.05, 3.63) is 18.4 Å². The zero-order valence-corrected chi connectivity index (χ0v) is 4.27. The average Bonchev–Trinajstić information content (AvgIpc) is 2.14. The van der Waals surface area contributed by atoms with E-state index in [2.05, 4.69) is 5.32 Å². The van der Waals surface area contributed by atoms with E-state index >= 15 is 0 Å². The van der Waals surface area contributed by atoms with Gasteiger partial charge in [0, 0.05) is 6.54 Å². The Bertz CT molecular complexity index is 88.1. The van der Waals surface area contributed by atoms with Gasteiger partial charge in [0.25, 0.3) is 0 Å². The van der Waals surface area contributed by atoms with Crippen molar-refractivity contribution >= 4 is 0 Å². The summed E-state index contributed by atoms with van der Waals surface area (Å²) in [4.78, 5) is 0. The van der Waals surface area contributed by atoms with E-state index in [1.54, 1.807) is 7.11 Å². The van der Waals surface area contributed by atoms with E-state index in [9.17, 15) is 0 Å². The van der Waals surface area contributed by atoms with Crippen LogP contribution in [0.2, 0.25) is 0 Å². The number of hydrogen-bond acceptors (Lipinski definition) is 2. The van der Waals surface area contributed by atoms with Crippen LogP contribution in [0.1, 0.15) is 0 Å². The molecular formula is C5H8NO. The van der Waals surface area contributed by atoms with Crippen molar-refractivity contribution in [2.45, 2.75) is 0 Å². The summed E-state index contributed by atoms with van der Waals surface area (Å²) in [6.45, 7) is 2.72. The minimum atomic E-state index is 0.844. The van der Waals surface area contributed by atoms with Crippen LogP contribution in [0.3, 0.4) is 0 Å². The molecule has 1 N–H and O–H groups in total. The lowest BCUT2D eigenvalue weighted by molar-refractivity contribution is 0.288. The Morgan fingerprint density at radius 2 is 2.71 bits per heavy atom. The van der Waals surface area contributed by atoms with Crippen molar-refractivity contribution < 1.29 is 4.74 Å². The third kappa shape index (κ3) is 0.933. The predicted molar refractivity (Wildman–Crippen MR) is 27.4 cm³/mol. The lowest BCUT2D eigenvalue weighted by atomic mass is 10.5. The number of ether oxygens (including phenoxy) is 1. The molecule has 0 spiro atoms. The van der Waals surface area contributed by atoms with E-state index in [1.165, 1.54) is 0 Å². The van der Waals surface area contributed by atoms with Crippen molar-refractivity contribution in [3.8, 4) is 0 Å². The fourth-order valence-electron chi connectivity index (χ4n) is 0.511. The second-order valence-corrected chi connectivity index (χ2v) is 1.38. The van der Waals surface area contributed by atoms with Crippen LogP contribution in [-0.2, 0) is 4.74 Å². The van der Waals surface area contributed by atoms with Crippen molar-refractivity contribution in [1.82, 2.24) is 5.32 Å². The molecule has 2 heteroatoms. The van der Waals surface area contributed by atoms with Crippen LogP contribution < -0.4 is 5.32 Å². The summed E-state index contributed by atoms with van der Waals surface area (Å²) in [5.41, 5.74) is 0. The molecule has 0 saturated carbocycles. The summed E-state index contributed by atoms with van der Waals surface area (Å²) < 4.78 is 4.88. The van der Waals surface area contributed by atoms with Crippen LogP contribution in [0, 0.1) is 6.54 Å². The van der Waals surface area contributed by atoms with Gasteiger partial charge in [-0.15, -0.1) is 0 Å². The van der Waals surface area contributed by atoms with Gasteiger partial charge in [-0.3, -0.25) is 0 Å².